The van der Waals surface area contributed by atoms with Crippen molar-refractivity contribution in [2.75, 3.05) is 33.4 Å². The number of carbonyl (C=O) groups excluding carboxylic acids is 2. The average molecular weight is 337 g/mol. The van der Waals surface area contributed by atoms with Crippen LogP contribution in [0.4, 0.5) is 0 Å². The second-order valence-electron chi connectivity index (χ2n) is 6.29. The molecule has 24 heavy (non-hydrogen) atoms. The fraction of sp³-hybridized carbons (Fsp3) is 0.733. The van der Waals surface area contributed by atoms with Crippen LogP contribution in [-0.2, 0) is 21.3 Å². The van der Waals surface area contributed by atoms with Crippen LogP contribution in [0.25, 0.3) is 0 Å². The van der Waals surface area contributed by atoms with E-state index in [2.05, 4.69) is 15.4 Å². The van der Waals surface area contributed by atoms with Crippen LogP contribution in [0, 0.1) is 5.92 Å². The van der Waals surface area contributed by atoms with E-state index >= 15 is 0 Å². The summed E-state index contributed by atoms with van der Waals surface area (Å²) in [5.74, 6) is 0.297. The number of aryl methyl sites for hydroxylation is 1. The van der Waals surface area contributed by atoms with Gasteiger partial charge in [-0.1, -0.05) is 0 Å². The van der Waals surface area contributed by atoms with Crippen LogP contribution in [0.3, 0.4) is 0 Å². The highest BCUT2D eigenvalue weighted by Crippen LogP contribution is 2.34. The standard InChI is InChI=1S/C15H23N5O4/c1-19-9-17-14(18-19)15(22)20-7-10-5-11(24-12(10)8-20)6-13(21)16-3-4-23-2/h9-12H,3-8H2,1-2H3,(H,16,21)/t10-,11-,12+/m0/s1. The number of likely N-dealkylation sites (tertiary alicyclic amines) is 1. The minimum Gasteiger partial charge on any atom is -0.383 e. The second-order valence-corrected chi connectivity index (χ2v) is 6.29. The first-order chi connectivity index (χ1) is 11.6. The number of nitrogens with one attached hydrogen (secondary N) is 1. The molecule has 0 saturated carbocycles. The van der Waals surface area contributed by atoms with Crippen molar-refractivity contribution in [1.82, 2.24) is 25.0 Å². The van der Waals surface area contributed by atoms with Crippen LogP contribution in [0.5, 0.6) is 0 Å². The number of methoxy groups -OCH3 is 1. The topological polar surface area (TPSA) is 98.6 Å². The van der Waals surface area contributed by atoms with Crippen molar-refractivity contribution in [2.24, 2.45) is 13.0 Å². The van der Waals surface area contributed by atoms with Crippen LogP contribution in [0.1, 0.15) is 23.5 Å². The van der Waals surface area contributed by atoms with E-state index < -0.39 is 0 Å². The Morgan fingerprint density at radius 1 is 1.46 bits per heavy atom. The van der Waals surface area contributed by atoms with Crippen LogP contribution in [-0.4, -0.2) is 77.0 Å². The normalized spacial score (nSPS) is 25.8. The van der Waals surface area contributed by atoms with Gasteiger partial charge in [0, 0.05) is 39.7 Å². The zero-order valence-corrected chi connectivity index (χ0v) is 14.0. The van der Waals surface area contributed by atoms with Crippen molar-refractivity contribution in [3.05, 3.63) is 12.2 Å². The van der Waals surface area contributed by atoms with E-state index in [0.717, 1.165) is 6.42 Å². The van der Waals surface area contributed by atoms with Gasteiger partial charge in [-0.15, -0.1) is 5.10 Å². The molecule has 3 atom stereocenters. The van der Waals surface area contributed by atoms with Gasteiger partial charge in [-0.2, -0.15) is 0 Å². The summed E-state index contributed by atoms with van der Waals surface area (Å²) in [6.45, 7) is 2.17. The van der Waals surface area contributed by atoms with E-state index in [-0.39, 0.29) is 35.8 Å². The molecule has 0 spiro atoms. The first-order valence-electron chi connectivity index (χ1n) is 8.13. The largest absolute Gasteiger partial charge is 0.383 e. The number of rotatable bonds is 6. The molecule has 2 aliphatic heterocycles. The summed E-state index contributed by atoms with van der Waals surface area (Å²) < 4.78 is 12.4. The molecule has 1 N–H and O–H groups in total. The van der Waals surface area contributed by atoms with E-state index in [9.17, 15) is 9.59 Å². The number of hydrogen-bond donors (Lipinski definition) is 1. The van der Waals surface area contributed by atoms with Gasteiger partial charge in [0.15, 0.2) is 0 Å². The molecule has 1 aromatic heterocycles. The van der Waals surface area contributed by atoms with E-state index in [1.165, 1.54) is 11.0 Å². The SMILES string of the molecule is COCCNC(=O)C[C@@H]1C[C@H]2CN(C(=O)c3ncn(C)n3)C[C@H]2O1. The quantitative estimate of drug-likeness (QED) is 0.682. The highest BCUT2D eigenvalue weighted by atomic mass is 16.5. The summed E-state index contributed by atoms with van der Waals surface area (Å²) in [5.41, 5.74) is 0. The minimum atomic E-state index is -0.164. The van der Waals surface area contributed by atoms with Gasteiger partial charge < -0.3 is 19.7 Å². The number of ether oxygens (including phenoxy) is 2. The van der Waals surface area contributed by atoms with E-state index in [4.69, 9.17) is 9.47 Å². The van der Waals surface area contributed by atoms with Gasteiger partial charge in [-0.05, 0) is 6.42 Å². The molecule has 0 radical (unpaired) electrons. The Bertz CT molecular complexity index is 590. The van der Waals surface area contributed by atoms with Gasteiger partial charge in [-0.3, -0.25) is 14.3 Å². The molecule has 1 aromatic rings. The Labute approximate surface area is 140 Å². The molecule has 3 rings (SSSR count). The molecule has 0 aliphatic carbocycles. The molecule has 0 unspecified atom stereocenters. The monoisotopic (exact) mass is 337 g/mol. The molecule has 9 heteroatoms. The Kier molecular flexibility index (Phi) is 5.10. The zero-order valence-electron chi connectivity index (χ0n) is 14.0. The first-order valence-corrected chi connectivity index (χ1v) is 8.13. The maximum absolute atomic E-state index is 12.4. The number of hydrogen-bond acceptors (Lipinski definition) is 6. The van der Waals surface area contributed by atoms with Crippen LogP contribution < -0.4 is 5.32 Å². The predicted molar refractivity (Wildman–Crippen MR) is 83.2 cm³/mol. The van der Waals surface area contributed by atoms with Crippen molar-refractivity contribution >= 4 is 11.8 Å². The number of amides is 2. The Morgan fingerprint density at radius 3 is 2.96 bits per heavy atom. The molecule has 0 bridgehead atoms. The van der Waals surface area contributed by atoms with Gasteiger partial charge >= 0.3 is 0 Å². The summed E-state index contributed by atoms with van der Waals surface area (Å²) in [6.07, 6.45) is 2.58. The molecule has 2 amide bonds. The maximum Gasteiger partial charge on any atom is 0.293 e. The number of fused-ring (bicyclic) bond motifs is 1. The van der Waals surface area contributed by atoms with Crippen LogP contribution in [0.2, 0.25) is 0 Å². The summed E-state index contributed by atoms with van der Waals surface area (Å²) in [6, 6.07) is 0. The van der Waals surface area contributed by atoms with E-state index in [0.29, 0.717) is 32.7 Å². The van der Waals surface area contributed by atoms with Gasteiger partial charge in [0.05, 0.1) is 25.2 Å². The smallest absolute Gasteiger partial charge is 0.293 e. The molecular formula is C15H23N5O4. The maximum atomic E-state index is 12.4. The third-order valence-electron chi connectivity index (χ3n) is 4.43. The number of nitrogens with zero attached hydrogens (tertiary/aromatic N) is 4. The highest BCUT2D eigenvalue weighted by molar-refractivity contribution is 5.90. The van der Waals surface area contributed by atoms with Crippen molar-refractivity contribution < 1.29 is 19.1 Å². The summed E-state index contributed by atoms with van der Waals surface area (Å²) in [7, 11) is 3.33. The first kappa shape index (κ1) is 16.8. The molecule has 9 nitrogen and oxygen atoms in total. The molecule has 3 heterocycles. The lowest BCUT2D eigenvalue weighted by Crippen LogP contribution is -2.34. The van der Waals surface area contributed by atoms with Gasteiger partial charge in [0.1, 0.15) is 6.33 Å². The van der Waals surface area contributed by atoms with Gasteiger partial charge in [0.2, 0.25) is 11.7 Å². The lowest BCUT2D eigenvalue weighted by Gasteiger charge is -2.18. The highest BCUT2D eigenvalue weighted by Gasteiger charge is 2.44. The fourth-order valence-electron chi connectivity index (χ4n) is 3.31. The molecule has 2 fully saturated rings. The summed E-state index contributed by atoms with van der Waals surface area (Å²) in [5, 5.41) is 6.85. The number of aromatic nitrogens is 3. The van der Waals surface area contributed by atoms with Crippen molar-refractivity contribution in [2.45, 2.75) is 25.0 Å². The molecule has 0 aromatic carbocycles. The Hall–Kier alpha value is -2.00. The van der Waals surface area contributed by atoms with E-state index in [1.807, 2.05) is 0 Å². The molecular weight excluding hydrogens is 314 g/mol. The molecule has 2 aliphatic rings. The van der Waals surface area contributed by atoms with Crippen molar-refractivity contribution in [3.8, 4) is 0 Å². The van der Waals surface area contributed by atoms with Gasteiger partial charge in [0.25, 0.3) is 5.91 Å². The Balaban J connectivity index is 1.46. The molecule has 132 valence electrons. The number of carbonyl (C=O) groups is 2. The van der Waals surface area contributed by atoms with Crippen LogP contribution in [0.15, 0.2) is 6.33 Å². The second kappa shape index (κ2) is 7.27. The van der Waals surface area contributed by atoms with Gasteiger partial charge in [-0.25, -0.2) is 4.98 Å². The van der Waals surface area contributed by atoms with Crippen LogP contribution >= 0.6 is 0 Å². The summed E-state index contributed by atoms with van der Waals surface area (Å²) in [4.78, 5) is 29.9. The van der Waals surface area contributed by atoms with E-state index in [1.54, 1.807) is 19.1 Å². The third kappa shape index (κ3) is 3.73. The van der Waals surface area contributed by atoms with Crippen molar-refractivity contribution in [3.63, 3.8) is 0 Å². The third-order valence-corrected chi connectivity index (χ3v) is 4.43. The lowest BCUT2D eigenvalue weighted by molar-refractivity contribution is -0.124. The predicted octanol–water partition coefficient (Wildman–Crippen LogP) is -0.803. The average Bonchev–Trinajstić information content (AvgIpc) is 3.21. The molecule has 2 saturated heterocycles. The summed E-state index contributed by atoms with van der Waals surface area (Å²) >= 11 is 0. The Morgan fingerprint density at radius 2 is 2.29 bits per heavy atom. The lowest BCUT2D eigenvalue weighted by atomic mass is 10.0. The zero-order chi connectivity index (χ0) is 17.1. The fourth-order valence-corrected chi connectivity index (χ4v) is 3.31. The minimum absolute atomic E-state index is 0.00515. The van der Waals surface area contributed by atoms with Crippen molar-refractivity contribution in [1.29, 1.82) is 0 Å².